The van der Waals surface area contributed by atoms with E-state index in [4.69, 9.17) is 0 Å². The fourth-order valence-electron chi connectivity index (χ4n) is 1.59. The van der Waals surface area contributed by atoms with Crippen LogP contribution in [0.3, 0.4) is 0 Å². The van der Waals surface area contributed by atoms with Gasteiger partial charge in [0, 0.05) is 0 Å². The number of aliphatic hydroxyl groups is 1. The lowest BCUT2D eigenvalue weighted by molar-refractivity contribution is 0.110. The lowest BCUT2D eigenvalue weighted by Gasteiger charge is -2.16. The summed E-state index contributed by atoms with van der Waals surface area (Å²) in [6.45, 7) is 4.07. The van der Waals surface area contributed by atoms with Crippen molar-refractivity contribution in [2.75, 3.05) is 0 Å². The van der Waals surface area contributed by atoms with Crippen molar-refractivity contribution in [1.29, 1.82) is 0 Å². The van der Waals surface area contributed by atoms with Gasteiger partial charge in [0.25, 0.3) is 0 Å². The summed E-state index contributed by atoms with van der Waals surface area (Å²) < 4.78 is 0. The van der Waals surface area contributed by atoms with Crippen molar-refractivity contribution in [3.63, 3.8) is 0 Å². The molecule has 1 N–H and O–H groups in total. The minimum atomic E-state index is -0.0810. The lowest BCUT2D eigenvalue weighted by Crippen LogP contribution is -2.17. The van der Waals surface area contributed by atoms with Crippen molar-refractivity contribution in [3.8, 4) is 0 Å². The van der Waals surface area contributed by atoms with Crippen molar-refractivity contribution < 1.29 is 5.11 Å². The Hall–Kier alpha value is -0.0400. The van der Waals surface area contributed by atoms with E-state index in [1.807, 2.05) is 6.92 Å². The Balaban J connectivity index is 2.28. The monoisotopic (exact) mass is 128 g/mol. The van der Waals surface area contributed by atoms with Crippen LogP contribution in [0.4, 0.5) is 0 Å². The van der Waals surface area contributed by atoms with Crippen LogP contribution in [0.2, 0.25) is 0 Å². The van der Waals surface area contributed by atoms with Gasteiger partial charge >= 0.3 is 0 Å². The first-order valence-corrected chi connectivity index (χ1v) is 3.93. The van der Waals surface area contributed by atoms with Crippen molar-refractivity contribution in [2.24, 2.45) is 11.8 Å². The molecule has 2 atom stereocenters. The van der Waals surface area contributed by atoms with Gasteiger partial charge in [0.15, 0.2) is 0 Å². The average Bonchev–Trinajstić information content (AvgIpc) is 2.50. The quantitative estimate of drug-likeness (QED) is 0.614. The van der Waals surface area contributed by atoms with E-state index in [0.29, 0.717) is 5.92 Å². The zero-order valence-electron chi connectivity index (χ0n) is 6.30. The molecule has 0 aromatic carbocycles. The smallest absolute Gasteiger partial charge is 0.0542 e. The zero-order valence-corrected chi connectivity index (χ0v) is 6.30. The van der Waals surface area contributed by atoms with Crippen LogP contribution in [0.15, 0.2) is 0 Å². The summed E-state index contributed by atoms with van der Waals surface area (Å²) in [4.78, 5) is 0. The highest BCUT2D eigenvalue weighted by atomic mass is 16.3. The second kappa shape index (κ2) is 2.70. The van der Waals surface area contributed by atoms with Gasteiger partial charge < -0.3 is 5.11 Å². The Labute approximate surface area is 57.1 Å². The molecule has 0 heterocycles. The predicted molar refractivity (Wildman–Crippen MR) is 38.2 cm³/mol. The topological polar surface area (TPSA) is 20.2 Å². The standard InChI is InChI=1S/C8H16O/c1-3-8(6(2)9)7-4-5-7/h6-9H,3-5H2,1-2H3/t6-,8-/m1/s1. The molecule has 1 nitrogen and oxygen atoms in total. The molecule has 0 amide bonds. The molecule has 9 heavy (non-hydrogen) atoms. The summed E-state index contributed by atoms with van der Waals surface area (Å²) in [5.41, 5.74) is 0. The lowest BCUT2D eigenvalue weighted by atomic mass is 9.95. The molecule has 1 aliphatic rings. The van der Waals surface area contributed by atoms with Gasteiger partial charge in [-0.2, -0.15) is 0 Å². The van der Waals surface area contributed by atoms with Crippen molar-refractivity contribution >= 4 is 0 Å². The van der Waals surface area contributed by atoms with E-state index in [1.165, 1.54) is 12.8 Å². The predicted octanol–water partition coefficient (Wildman–Crippen LogP) is 1.80. The summed E-state index contributed by atoms with van der Waals surface area (Å²) >= 11 is 0. The molecule has 1 fully saturated rings. The molecule has 0 aliphatic heterocycles. The molecule has 1 heteroatoms. The Bertz CT molecular complexity index is 82.6. The summed E-state index contributed by atoms with van der Waals surface area (Å²) in [7, 11) is 0. The van der Waals surface area contributed by atoms with E-state index >= 15 is 0 Å². The minimum absolute atomic E-state index is 0.0810. The van der Waals surface area contributed by atoms with Gasteiger partial charge in [-0.3, -0.25) is 0 Å². The minimum Gasteiger partial charge on any atom is -0.393 e. The molecule has 1 aliphatic carbocycles. The molecule has 0 unspecified atom stereocenters. The maximum absolute atomic E-state index is 9.22. The van der Waals surface area contributed by atoms with E-state index in [0.717, 1.165) is 12.3 Å². The molecule has 0 spiro atoms. The SMILES string of the molecule is CC[C@@H](C1CC1)[C@@H](C)O. The third kappa shape index (κ3) is 1.68. The Morgan fingerprint density at radius 2 is 2.11 bits per heavy atom. The van der Waals surface area contributed by atoms with Crippen molar-refractivity contribution in [3.05, 3.63) is 0 Å². The van der Waals surface area contributed by atoms with Crippen LogP contribution in [0.1, 0.15) is 33.1 Å². The Kier molecular flexibility index (Phi) is 2.12. The normalized spacial score (nSPS) is 25.7. The first-order chi connectivity index (χ1) is 4.25. The molecule has 0 bridgehead atoms. The van der Waals surface area contributed by atoms with E-state index < -0.39 is 0 Å². The second-order valence-electron chi connectivity index (χ2n) is 3.15. The molecule has 1 rings (SSSR count). The summed E-state index contributed by atoms with van der Waals surface area (Å²) in [6.07, 6.45) is 3.76. The van der Waals surface area contributed by atoms with Gasteiger partial charge in [0.1, 0.15) is 0 Å². The third-order valence-electron chi connectivity index (χ3n) is 2.32. The van der Waals surface area contributed by atoms with Crippen LogP contribution in [0.25, 0.3) is 0 Å². The zero-order chi connectivity index (χ0) is 6.85. The summed E-state index contributed by atoms with van der Waals surface area (Å²) in [5.74, 6) is 1.44. The Morgan fingerprint density at radius 1 is 1.56 bits per heavy atom. The Morgan fingerprint density at radius 3 is 2.22 bits per heavy atom. The summed E-state index contributed by atoms with van der Waals surface area (Å²) in [6, 6.07) is 0. The highest BCUT2D eigenvalue weighted by molar-refractivity contribution is 4.82. The maximum Gasteiger partial charge on any atom is 0.0542 e. The van der Waals surface area contributed by atoms with Gasteiger partial charge in [-0.1, -0.05) is 13.3 Å². The number of hydrogen-bond donors (Lipinski definition) is 1. The molecule has 54 valence electrons. The van der Waals surface area contributed by atoms with Crippen molar-refractivity contribution in [2.45, 2.75) is 39.2 Å². The van der Waals surface area contributed by atoms with E-state index in [-0.39, 0.29) is 6.10 Å². The van der Waals surface area contributed by atoms with Gasteiger partial charge in [0.05, 0.1) is 6.10 Å². The van der Waals surface area contributed by atoms with Crippen LogP contribution >= 0.6 is 0 Å². The second-order valence-corrected chi connectivity index (χ2v) is 3.15. The van der Waals surface area contributed by atoms with Crippen LogP contribution in [-0.4, -0.2) is 11.2 Å². The van der Waals surface area contributed by atoms with Crippen LogP contribution in [0, 0.1) is 11.8 Å². The van der Waals surface area contributed by atoms with Crippen LogP contribution < -0.4 is 0 Å². The molecule has 0 saturated heterocycles. The molecule has 0 aromatic rings. The van der Waals surface area contributed by atoms with Crippen LogP contribution in [-0.2, 0) is 0 Å². The fraction of sp³-hybridized carbons (Fsp3) is 1.00. The third-order valence-corrected chi connectivity index (χ3v) is 2.32. The van der Waals surface area contributed by atoms with Crippen LogP contribution in [0.5, 0.6) is 0 Å². The largest absolute Gasteiger partial charge is 0.393 e. The maximum atomic E-state index is 9.22. The molecule has 0 aromatic heterocycles. The highest BCUT2D eigenvalue weighted by Crippen LogP contribution is 2.39. The summed E-state index contributed by atoms with van der Waals surface area (Å²) in [5, 5.41) is 9.22. The van der Waals surface area contributed by atoms with Gasteiger partial charge in [-0.25, -0.2) is 0 Å². The molecular formula is C8H16O. The van der Waals surface area contributed by atoms with Gasteiger partial charge in [-0.15, -0.1) is 0 Å². The van der Waals surface area contributed by atoms with Crippen molar-refractivity contribution in [1.82, 2.24) is 0 Å². The average molecular weight is 128 g/mol. The number of aliphatic hydroxyl groups excluding tert-OH is 1. The molecule has 1 saturated carbocycles. The first-order valence-electron chi connectivity index (χ1n) is 3.93. The fourth-order valence-corrected chi connectivity index (χ4v) is 1.59. The van der Waals surface area contributed by atoms with E-state index in [9.17, 15) is 5.11 Å². The van der Waals surface area contributed by atoms with Gasteiger partial charge in [0.2, 0.25) is 0 Å². The first kappa shape index (κ1) is 7.07. The molecular weight excluding hydrogens is 112 g/mol. The molecule has 0 radical (unpaired) electrons. The van der Waals surface area contributed by atoms with Gasteiger partial charge in [-0.05, 0) is 31.6 Å². The number of hydrogen-bond acceptors (Lipinski definition) is 1. The number of rotatable bonds is 3. The van der Waals surface area contributed by atoms with E-state index in [2.05, 4.69) is 6.92 Å². The highest BCUT2D eigenvalue weighted by Gasteiger charge is 2.32. The van der Waals surface area contributed by atoms with E-state index in [1.54, 1.807) is 0 Å².